The van der Waals surface area contributed by atoms with Crippen molar-refractivity contribution in [2.24, 2.45) is 5.73 Å². The largest absolute Gasteiger partial charge is 0.388 e. The molecule has 2 aromatic rings. The Kier molecular flexibility index (Phi) is 4.53. The van der Waals surface area contributed by atoms with Crippen molar-refractivity contribution in [2.45, 2.75) is 18.9 Å². The number of aliphatic hydroxyl groups excluding tert-OH is 1. The van der Waals surface area contributed by atoms with E-state index in [1.54, 1.807) is 18.5 Å². The van der Waals surface area contributed by atoms with Gasteiger partial charge in [-0.2, -0.15) is 0 Å². The summed E-state index contributed by atoms with van der Waals surface area (Å²) in [5.74, 6) is -0.173. The van der Waals surface area contributed by atoms with Crippen molar-refractivity contribution in [1.82, 2.24) is 4.98 Å². The Morgan fingerprint density at radius 2 is 2.16 bits per heavy atom. The Morgan fingerprint density at radius 1 is 1.37 bits per heavy atom. The van der Waals surface area contributed by atoms with Gasteiger partial charge in [0.05, 0.1) is 6.10 Å². The minimum atomic E-state index is -0.661. The molecule has 0 aliphatic heterocycles. The van der Waals surface area contributed by atoms with E-state index >= 15 is 0 Å². The summed E-state index contributed by atoms with van der Waals surface area (Å²) in [6, 6.07) is 9.25. The Balaban J connectivity index is 2.33. The van der Waals surface area contributed by atoms with Crippen LogP contribution in [0.15, 0.2) is 42.7 Å². The van der Waals surface area contributed by atoms with Gasteiger partial charge in [-0.05, 0) is 41.8 Å². The molecule has 19 heavy (non-hydrogen) atoms. The third kappa shape index (κ3) is 3.13. The van der Waals surface area contributed by atoms with E-state index < -0.39 is 6.10 Å². The van der Waals surface area contributed by atoms with E-state index in [0.717, 1.165) is 16.7 Å². The number of benzene rings is 1. The number of nitrogens with two attached hydrogens (primary N) is 1. The maximum Gasteiger partial charge on any atom is 0.0873 e. The second-order valence-corrected chi connectivity index (χ2v) is 5.01. The summed E-state index contributed by atoms with van der Waals surface area (Å²) in [7, 11) is 0. The quantitative estimate of drug-likeness (QED) is 0.903. The fraction of sp³-hybridized carbons (Fsp3) is 0.267. The molecule has 0 aliphatic carbocycles. The van der Waals surface area contributed by atoms with E-state index in [1.807, 2.05) is 31.2 Å². The van der Waals surface area contributed by atoms with E-state index in [0.29, 0.717) is 11.6 Å². The molecule has 1 heterocycles. The topological polar surface area (TPSA) is 59.1 Å². The molecular weight excluding hydrogens is 260 g/mol. The molecule has 4 heteroatoms. The molecule has 2 atom stereocenters. The van der Waals surface area contributed by atoms with Crippen LogP contribution >= 0.6 is 11.6 Å². The van der Waals surface area contributed by atoms with Crippen LogP contribution in [0.2, 0.25) is 5.02 Å². The van der Waals surface area contributed by atoms with Crippen molar-refractivity contribution in [2.75, 3.05) is 6.54 Å². The molecule has 0 fully saturated rings. The molecule has 0 aliphatic rings. The molecule has 3 N–H and O–H groups in total. The lowest BCUT2D eigenvalue weighted by atomic mass is 9.88. The minimum absolute atomic E-state index is 0.173. The van der Waals surface area contributed by atoms with E-state index in [2.05, 4.69) is 4.98 Å². The molecule has 1 aromatic carbocycles. The highest BCUT2D eigenvalue weighted by Gasteiger charge is 2.23. The molecule has 0 saturated carbocycles. The Bertz CT molecular complexity index is 545. The van der Waals surface area contributed by atoms with Crippen LogP contribution in [0.25, 0.3) is 0 Å². The molecule has 1 aromatic heterocycles. The lowest BCUT2D eigenvalue weighted by Crippen LogP contribution is -2.20. The molecule has 100 valence electrons. The van der Waals surface area contributed by atoms with Gasteiger partial charge in [0, 0.05) is 29.9 Å². The number of rotatable bonds is 4. The summed E-state index contributed by atoms with van der Waals surface area (Å²) in [6.07, 6.45) is 2.79. The van der Waals surface area contributed by atoms with Gasteiger partial charge in [0.1, 0.15) is 0 Å². The molecule has 0 bridgehead atoms. The summed E-state index contributed by atoms with van der Waals surface area (Å²) >= 11 is 5.94. The second-order valence-electron chi connectivity index (χ2n) is 4.57. The van der Waals surface area contributed by atoms with Gasteiger partial charge >= 0.3 is 0 Å². The smallest absolute Gasteiger partial charge is 0.0873 e. The van der Waals surface area contributed by atoms with Gasteiger partial charge in [-0.1, -0.05) is 23.7 Å². The monoisotopic (exact) mass is 276 g/mol. The Morgan fingerprint density at radius 3 is 2.74 bits per heavy atom. The normalized spacial score (nSPS) is 14.1. The van der Waals surface area contributed by atoms with Crippen LogP contribution in [0.1, 0.15) is 28.7 Å². The van der Waals surface area contributed by atoms with Crippen LogP contribution in [-0.2, 0) is 0 Å². The SMILES string of the molecule is Cc1cc(Cl)ccc1C(O)C(CN)c1cccnc1. The molecule has 0 radical (unpaired) electrons. The van der Waals surface area contributed by atoms with E-state index in [-0.39, 0.29) is 5.92 Å². The van der Waals surface area contributed by atoms with Gasteiger partial charge in [0.2, 0.25) is 0 Å². The molecular formula is C15H17ClN2O. The van der Waals surface area contributed by atoms with Gasteiger partial charge in [-0.25, -0.2) is 0 Å². The van der Waals surface area contributed by atoms with Gasteiger partial charge in [0.15, 0.2) is 0 Å². The average Bonchev–Trinajstić information content (AvgIpc) is 2.40. The number of aliphatic hydroxyl groups is 1. The van der Waals surface area contributed by atoms with Crippen molar-refractivity contribution in [3.05, 3.63) is 64.4 Å². The lowest BCUT2D eigenvalue weighted by molar-refractivity contribution is 0.146. The third-order valence-corrected chi connectivity index (χ3v) is 3.53. The van der Waals surface area contributed by atoms with Crippen molar-refractivity contribution in [3.63, 3.8) is 0 Å². The highest BCUT2D eigenvalue weighted by molar-refractivity contribution is 6.30. The standard InChI is InChI=1S/C15H17ClN2O/c1-10-7-12(16)4-5-13(10)15(19)14(8-17)11-3-2-6-18-9-11/h2-7,9,14-15,19H,8,17H2,1H3. The highest BCUT2D eigenvalue weighted by atomic mass is 35.5. The first-order chi connectivity index (χ1) is 9.13. The van der Waals surface area contributed by atoms with E-state index in [1.165, 1.54) is 0 Å². The molecule has 3 nitrogen and oxygen atoms in total. The van der Waals surface area contributed by atoms with E-state index in [9.17, 15) is 5.11 Å². The van der Waals surface area contributed by atoms with Crippen molar-refractivity contribution in [3.8, 4) is 0 Å². The molecule has 0 spiro atoms. The molecule has 0 amide bonds. The summed E-state index contributed by atoms with van der Waals surface area (Å²) in [6.45, 7) is 2.29. The van der Waals surface area contributed by atoms with Crippen molar-refractivity contribution in [1.29, 1.82) is 0 Å². The molecule has 2 rings (SSSR count). The Hall–Kier alpha value is -1.42. The van der Waals surface area contributed by atoms with Gasteiger partial charge in [0.25, 0.3) is 0 Å². The Labute approximate surface area is 118 Å². The van der Waals surface area contributed by atoms with Crippen LogP contribution in [-0.4, -0.2) is 16.6 Å². The van der Waals surface area contributed by atoms with Gasteiger partial charge in [-0.3, -0.25) is 4.98 Å². The minimum Gasteiger partial charge on any atom is -0.388 e. The second kappa shape index (κ2) is 6.15. The van der Waals surface area contributed by atoms with Crippen molar-refractivity contribution < 1.29 is 5.11 Å². The average molecular weight is 277 g/mol. The first-order valence-electron chi connectivity index (χ1n) is 6.17. The number of halogens is 1. The molecule has 0 saturated heterocycles. The first-order valence-corrected chi connectivity index (χ1v) is 6.55. The van der Waals surface area contributed by atoms with Crippen molar-refractivity contribution >= 4 is 11.6 Å². The molecule has 2 unspecified atom stereocenters. The maximum atomic E-state index is 10.6. The number of aromatic nitrogens is 1. The fourth-order valence-corrected chi connectivity index (χ4v) is 2.46. The zero-order chi connectivity index (χ0) is 13.8. The van der Waals surface area contributed by atoms with Gasteiger partial charge in [-0.15, -0.1) is 0 Å². The van der Waals surface area contributed by atoms with Gasteiger partial charge < -0.3 is 10.8 Å². The summed E-state index contributed by atoms with van der Waals surface area (Å²) in [5, 5.41) is 11.2. The maximum absolute atomic E-state index is 10.6. The number of pyridine rings is 1. The lowest BCUT2D eigenvalue weighted by Gasteiger charge is -2.23. The first kappa shape index (κ1) is 14.0. The number of aryl methyl sites for hydroxylation is 1. The summed E-state index contributed by atoms with van der Waals surface area (Å²) in [4.78, 5) is 4.08. The predicted octanol–water partition coefficient (Wildman–Crippen LogP) is 2.82. The fourth-order valence-electron chi connectivity index (χ4n) is 2.23. The van der Waals surface area contributed by atoms with Crippen LogP contribution in [0.3, 0.4) is 0 Å². The third-order valence-electron chi connectivity index (χ3n) is 3.30. The number of hydrogen-bond acceptors (Lipinski definition) is 3. The highest BCUT2D eigenvalue weighted by Crippen LogP contribution is 2.32. The van der Waals surface area contributed by atoms with Crippen LogP contribution in [0.5, 0.6) is 0 Å². The zero-order valence-corrected chi connectivity index (χ0v) is 11.5. The summed E-state index contributed by atoms with van der Waals surface area (Å²) in [5.41, 5.74) is 8.56. The zero-order valence-electron chi connectivity index (χ0n) is 10.8. The van der Waals surface area contributed by atoms with Crippen LogP contribution in [0, 0.1) is 6.92 Å². The number of hydrogen-bond donors (Lipinski definition) is 2. The predicted molar refractivity (Wildman–Crippen MR) is 77.2 cm³/mol. The summed E-state index contributed by atoms with van der Waals surface area (Å²) < 4.78 is 0. The number of nitrogens with zero attached hydrogens (tertiary/aromatic N) is 1. The van der Waals surface area contributed by atoms with E-state index in [4.69, 9.17) is 17.3 Å². The van der Waals surface area contributed by atoms with Crippen LogP contribution in [0.4, 0.5) is 0 Å². The van der Waals surface area contributed by atoms with Crippen LogP contribution < -0.4 is 5.73 Å².